The van der Waals surface area contributed by atoms with E-state index in [1.165, 1.54) is 23.0 Å². The molecular formula is C17H17N3O4. The van der Waals surface area contributed by atoms with E-state index in [1.54, 1.807) is 19.4 Å². The molecule has 7 heteroatoms. The van der Waals surface area contributed by atoms with Crippen molar-refractivity contribution in [3.63, 3.8) is 0 Å². The van der Waals surface area contributed by atoms with Crippen molar-refractivity contribution in [3.05, 3.63) is 66.0 Å². The number of hydrogen-bond donors (Lipinski definition) is 2. The third-order valence-electron chi connectivity index (χ3n) is 3.44. The highest BCUT2D eigenvalue weighted by Crippen LogP contribution is 2.20. The summed E-state index contributed by atoms with van der Waals surface area (Å²) in [5, 5.41) is 22.7. The number of aromatic nitrogens is 3. The lowest BCUT2D eigenvalue weighted by molar-refractivity contribution is -0.0425. The molecule has 0 saturated heterocycles. The van der Waals surface area contributed by atoms with Gasteiger partial charge in [0.05, 0.1) is 13.3 Å². The van der Waals surface area contributed by atoms with Gasteiger partial charge in [0, 0.05) is 17.8 Å². The third kappa shape index (κ3) is 3.53. The van der Waals surface area contributed by atoms with E-state index in [1.807, 2.05) is 24.3 Å². The molecule has 0 radical (unpaired) electrons. The lowest BCUT2D eigenvalue weighted by Gasteiger charge is -2.10. The van der Waals surface area contributed by atoms with Gasteiger partial charge in [-0.05, 0) is 29.8 Å². The summed E-state index contributed by atoms with van der Waals surface area (Å²) in [6, 6.07) is 12.3. The lowest BCUT2D eigenvalue weighted by atomic mass is 10.2. The van der Waals surface area contributed by atoms with Crippen LogP contribution in [0.15, 0.2) is 54.9 Å². The average Bonchev–Trinajstić information content (AvgIpc) is 3.09. The van der Waals surface area contributed by atoms with E-state index >= 15 is 0 Å². The maximum absolute atomic E-state index is 9.27. The van der Waals surface area contributed by atoms with Gasteiger partial charge in [-0.1, -0.05) is 12.1 Å². The molecule has 0 unspecified atom stereocenters. The number of rotatable bonds is 6. The topological polar surface area (TPSA) is 89.6 Å². The van der Waals surface area contributed by atoms with Crippen LogP contribution in [0.2, 0.25) is 0 Å². The fourth-order valence-electron chi connectivity index (χ4n) is 2.16. The molecule has 2 heterocycles. The lowest BCUT2D eigenvalue weighted by Crippen LogP contribution is -2.06. The smallest absolute Gasteiger partial charge is 0.218 e. The van der Waals surface area contributed by atoms with E-state index in [2.05, 4.69) is 10.1 Å². The van der Waals surface area contributed by atoms with Crippen LogP contribution in [0.1, 0.15) is 17.4 Å². The van der Waals surface area contributed by atoms with Crippen molar-refractivity contribution in [1.82, 2.24) is 14.8 Å². The Bertz CT molecular complexity index is 800. The number of aliphatic hydroxyl groups excluding tert-OH is 1. The Morgan fingerprint density at radius 1 is 1.08 bits per heavy atom. The number of hydrogen-bond acceptors (Lipinski definition) is 6. The van der Waals surface area contributed by atoms with Crippen LogP contribution in [-0.2, 0) is 6.61 Å². The SMILES string of the molecule is COc1ccc(COc2ccnn2-c2cc(C(O)O)ccn2)cc1. The Balaban J connectivity index is 1.76. The van der Waals surface area contributed by atoms with Crippen LogP contribution in [0.4, 0.5) is 0 Å². The van der Waals surface area contributed by atoms with Crippen LogP contribution in [-0.4, -0.2) is 32.1 Å². The van der Waals surface area contributed by atoms with Crippen LogP contribution in [0.25, 0.3) is 5.82 Å². The fraction of sp³-hybridized carbons (Fsp3) is 0.176. The summed E-state index contributed by atoms with van der Waals surface area (Å²) in [4.78, 5) is 4.18. The first-order valence-corrected chi connectivity index (χ1v) is 7.29. The molecular weight excluding hydrogens is 310 g/mol. The van der Waals surface area contributed by atoms with Gasteiger partial charge in [-0.2, -0.15) is 9.78 Å². The highest BCUT2D eigenvalue weighted by atomic mass is 16.5. The minimum absolute atomic E-state index is 0.330. The molecule has 0 amide bonds. The van der Waals surface area contributed by atoms with Gasteiger partial charge in [0.1, 0.15) is 12.4 Å². The van der Waals surface area contributed by atoms with Crippen molar-refractivity contribution < 1.29 is 19.7 Å². The van der Waals surface area contributed by atoms with Crippen LogP contribution in [0.5, 0.6) is 11.6 Å². The second-order valence-electron chi connectivity index (χ2n) is 5.04. The number of methoxy groups -OCH3 is 1. The molecule has 24 heavy (non-hydrogen) atoms. The molecule has 124 valence electrons. The second kappa shape index (κ2) is 7.12. The van der Waals surface area contributed by atoms with Gasteiger partial charge in [-0.3, -0.25) is 0 Å². The molecule has 7 nitrogen and oxygen atoms in total. The Kier molecular flexibility index (Phi) is 4.74. The molecule has 2 N–H and O–H groups in total. The number of pyridine rings is 1. The Morgan fingerprint density at radius 2 is 1.88 bits per heavy atom. The second-order valence-corrected chi connectivity index (χ2v) is 5.04. The molecule has 2 aromatic heterocycles. The van der Waals surface area contributed by atoms with Crippen LogP contribution >= 0.6 is 0 Å². The van der Waals surface area contributed by atoms with Crippen molar-refractivity contribution in [2.45, 2.75) is 12.9 Å². The average molecular weight is 327 g/mol. The van der Waals surface area contributed by atoms with Gasteiger partial charge in [0.25, 0.3) is 0 Å². The molecule has 0 fully saturated rings. The number of aliphatic hydroxyl groups is 2. The highest BCUT2D eigenvalue weighted by molar-refractivity contribution is 5.32. The van der Waals surface area contributed by atoms with Crippen molar-refractivity contribution in [1.29, 1.82) is 0 Å². The first kappa shape index (κ1) is 16.0. The third-order valence-corrected chi connectivity index (χ3v) is 3.44. The van der Waals surface area contributed by atoms with Crippen LogP contribution < -0.4 is 9.47 Å². The first-order valence-electron chi connectivity index (χ1n) is 7.29. The molecule has 0 atom stereocenters. The molecule has 0 bridgehead atoms. The predicted octanol–water partition coefficient (Wildman–Crippen LogP) is 1.84. The van der Waals surface area contributed by atoms with Gasteiger partial charge in [0.2, 0.25) is 5.88 Å². The summed E-state index contributed by atoms with van der Waals surface area (Å²) >= 11 is 0. The van der Waals surface area contributed by atoms with Crippen molar-refractivity contribution >= 4 is 0 Å². The largest absolute Gasteiger partial charge is 0.497 e. The van der Waals surface area contributed by atoms with Crippen molar-refractivity contribution in [3.8, 4) is 17.4 Å². The fourth-order valence-corrected chi connectivity index (χ4v) is 2.16. The van der Waals surface area contributed by atoms with Crippen LogP contribution in [0, 0.1) is 0 Å². The molecule has 0 saturated carbocycles. The Hall–Kier alpha value is -2.90. The Labute approximate surface area is 138 Å². The summed E-state index contributed by atoms with van der Waals surface area (Å²) in [6.07, 6.45) is 1.51. The maximum atomic E-state index is 9.27. The van der Waals surface area contributed by atoms with E-state index in [9.17, 15) is 10.2 Å². The summed E-state index contributed by atoms with van der Waals surface area (Å²) < 4.78 is 12.4. The molecule has 1 aromatic carbocycles. The van der Waals surface area contributed by atoms with E-state index in [-0.39, 0.29) is 0 Å². The minimum Gasteiger partial charge on any atom is -0.497 e. The highest BCUT2D eigenvalue weighted by Gasteiger charge is 2.10. The molecule has 3 rings (SSSR count). The standard InChI is InChI=1S/C17H17N3O4/c1-23-14-4-2-12(3-5-14)11-24-16-7-9-19-20(16)15-10-13(17(21)22)6-8-18-15/h2-10,17,21-22H,11H2,1H3. The first-order chi connectivity index (χ1) is 11.7. The van der Waals surface area contributed by atoms with Crippen LogP contribution in [0.3, 0.4) is 0 Å². The molecule has 0 aliphatic heterocycles. The predicted molar refractivity (Wildman–Crippen MR) is 85.9 cm³/mol. The number of ether oxygens (including phenoxy) is 2. The summed E-state index contributed by atoms with van der Waals surface area (Å²) in [5.74, 6) is 1.73. The molecule has 0 aliphatic carbocycles. The minimum atomic E-state index is -1.56. The quantitative estimate of drug-likeness (QED) is 0.672. The van der Waals surface area contributed by atoms with Gasteiger partial charge < -0.3 is 19.7 Å². The van der Waals surface area contributed by atoms with Crippen molar-refractivity contribution in [2.24, 2.45) is 0 Å². The van der Waals surface area contributed by atoms with Gasteiger partial charge in [0.15, 0.2) is 12.1 Å². The number of benzene rings is 1. The zero-order valence-electron chi connectivity index (χ0n) is 13.0. The monoisotopic (exact) mass is 327 g/mol. The Morgan fingerprint density at radius 3 is 2.58 bits per heavy atom. The molecule has 0 spiro atoms. The maximum Gasteiger partial charge on any atom is 0.218 e. The normalized spacial score (nSPS) is 10.8. The van der Waals surface area contributed by atoms with Gasteiger partial charge in [-0.25, -0.2) is 4.98 Å². The molecule has 0 aliphatic rings. The van der Waals surface area contributed by atoms with E-state index in [0.717, 1.165) is 11.3 Å². The van der Waals surface area contributed by atoms with E-state index < -0.39 is 6.29 Å². The molecule has 3 aromatic rings. The zero-order valence-corrected chi connectivity index (χ0v) is 13.0. The van der Waals surface area contributed by atoms with Gasteiger partial charge in [-0.15, -0.1) is 0 Å². The van der Waals surface area contributed by atoms with Crippen molar-refractivity contribution in [2.75, 3.05) is 7.11 Å². The zero-order chi connectivity index (χ0) is 16.9. The summed E-state index contributed by atoms with van der Waals surface area (Å²) in [7, 11) is 1.62. The van der Waals surface area contributed by atoms with Gasteiger partial charge >= 0.3 is 0 Å². The van der Waals surface area contributed by atoms with E-state index in [4.69, 9.17) is 9.47 Å². The number of nitrogens with zero attached hydrogens (tertiary/aromatic N) is 3. The summed E-state index contributed by atoms with van der Waals surface area (Å²) in [5.41, 5.74) is 1.31. The van der Waals surface area contributed by atoms with E-state index in [0.29, 0.717) is 23.9 Å². The summed E-state index contributed by atoms with van der Waals surface area (Å²) in [6.45, 7) is 0.359.